The Kier molecular flexibility index (Phi) is 4.46. The van der Waals surface area contributed by atoms with Gasteiger partial charge < -0.3 is 10.2 Å². The highest BCUT2D eigenvalue weighted by Gasteiger charge is 2.14. The van der Waals surface area contributed by atoms with Crippen molar-refractivity contribution >= 4 is 21.6 Å². The van der Waals surface area contributed by atoms with E-state index in [1.54, 1.807) is 0 Å². The monoisotopic (exact) mass is 296 g/mol. The number of hydrogen-bond acceptors (Lipinski definition) is 2. The van der Waals surface area contributed by atoms with E-state index in [2.05, 4.69) is 58.3 Å². The van der Waals surface area contributed by atoms with Crippen LogP contribution in [0.25, 0.3) is 0 Å². The van der Waals surface area contributed by atoms with Crippen LogP contribution >= 0.6 is 15.9 Å². The highest BCUT2D eigenvalue weighted by Crippen LogP contribution is 2.23. The molecule has 0 aliphatic carbocycles. The van der Waals surface area contributed by atoms with Gasteiger partial charge in [0.25, 0.3) is 0 Å². The van der Waals surface area contributed by atoms with Gasteiger partial charge in [0.15, 0.2) is 0 Å². The van der Waals surface area contributed by atoms with Crippen molar-refractivity contribution in [1.29, 1.82) is 0 Å². The van der Waals surface area contributed by atoms with Gasteiger partial charge >= 0.3 is 0 Å². The van der Waals surface area contributed by atoms with Gasteiger partial charge in [-0.3, -0.25) is 0 Å². The average molecular weight is 297 g/mol. The Hall–Kier alpha value is -0.540. The van der Waals surface area contributed by atoms with E-state index in [1.807, 2.05) is 0 Å². The summed E-state index contributed by atoms with van der Waals surface area (Å²) in [5.74, 6) is 0. The molecule has 1 heterocycles. The molecule has 0 aromatic heterocycles. The molecular weight excluding hydrogens is 276 g/mol. The van der Waals surface area contributed by atoms with Crippen LogP contribution in [0.15, 0.2) is 22.7 Å². The fourth-order valence-electron chi connectivity index (χ4n) is 2.39. The number of nitrogens with zero attached hydrogens (tertiary/aromatic N) is 1. The summed E-state index contributed by atoms with van der Waals surface area (Å²) in [6.07, 6.45) is 3.82. The Morgan fingerprint density at radius 2 is 2.12 bits per heavy atom. The van der Waals surface area contributed by atoms with Crippen LogP contribution in [-0.2, 0) is 0 Å². The molecule has 1 fully saturated rings. The van der Waals surface area contributed by atoms with Gasteiger partial charge in [0, 0.05) is 16.2 Å². The van der Waals surface area contributed by atoms with Crippen LogP contribution < -0.4 is 5.32 Å². The number of aryl methyl sites for hydroxylation is 1. The molecule has 1 saturated heterocycles. The van der Waals surface area contributed by atoms with Crippen molar-refractivity contribution in [3.63, 3.8) is 0 Å². The SMILES string of the molecule is Cc1cc(Br)ccc1NC1CCCN(C)CC1. The van der Waals surface area contributed by atoms with Crippen molar-refractivity contribution in [1.82, 2.24) is 4.90 Å². The predicted octanol–water partition coefficient (Wildman–Crippen LogP) is 3.65. The standard InChI is InChI=1S/C14H21BrN2/c1-11-10-12(15)5-6-14(11)16-13-4-3-8-17(2)9-7-13/h5-6,10,13,16H,3-4,7-9H2,1-2H3. The summed E-state index contributed by atoms with van der Waals surface area (Å²) in [5, 5.41) is 3.69. The van der Waals surface area contributed by atoms with Crippen LogP contribution in [-0.4, -0.2) is 31.1 Å². The average Bonchev–Trinajstić information content (AvgIpc) is 2.48. The molecule has 0 spiro atoms. The summed E-state index contributed by atoms with van der Waals surface area (Å²) in [6.45, 7) is 4.60. The zero-order valence-electron chi connectivity index (χ0n) is 10.7. The minimum atomic E-state index is 0.625. The van der Waals surface area contributed by atoms with Crippen LogP contribution in [0, 0.1) is 6.92 Å². The van der Waals surface area contributed by atoms with Gasteiger partial charge in [-0.15, -0.1) is 0 Å². The van der Waals surface area contributed by atoms with Crippen molar-refractivity contribution in [2.45, 2.75) is 32.2 Å². The normalized spacial score (nSPS) is 22.2. The van der Waals surface area contributed by atoms with E-state index < -0.39 is 0 Å². The number of rotatable bonds is 2. The Morgan fingerprint density at radius 1 is 1.29 bits per heavy atom. The second-order valence-corrected chi connectivity index (χ2v) is 5.95. The zero-order valence-corrected chi connectivity index (χ0v) is 12.3. The minimum Gasteiger partial charge on any atom is -0.382 e. The quantitative estimate of drug-likeness (QED) is 0.896. The largest absolute Gasteiger partial charge is 0.382 e. The first kappa shape index (κ1) is 12.9. The first-order valence-corrected chi connectivity index (χ1v) is 7.15. The smallest absolute Gasteiger partial charge is 0.0372 e. The van der Waals surface area contributed by atoms with Gasteiger partial charge in [-0.2, -0.15) is 0 Å². The van der Waals surface area contributed by atoms with Gasteiger partial charge in [-0.25, -0.2) is 0 Å². The summed E-state index contributed by atoms with van der Waals surface area (Å²) in [7, 11) is 2.22. The third-order valence-electron chi connectivity index (χ3n) is 3.50. The van der Waals surface area contributed by atoms with Gasteiger partial charge in [0.1, 0.15) is 0 Å². The molecule has 3 heteroatoms. The summed E-state index contributed by atoms with van der Waals surface area (Å²) >= 11 is 3.51. The fourth-order valence-corrected chi connectivity index (χ4v) is 2.87. The molecule has 1 N–H and O–H groups in total. The molecule has 1 aromatic rings. The van der Waals surface area contributed by atoms with Crippen LogP contribution in [0.2, 0.25) is 0 Å². The zero-order chi connectivity index (χ0) is 12.3. The van der Waals surface area contributed by atoms with Crippen molar-refractivity contribution in [3.05, 3.63) is 28.2 Å². The third-order valence-corrected chi connectivity index (χ3v) is 3.99. The van der Waals surface area contributed by atoms with Crippen molar-refractivity contribution < 1.29 is 0 Å². The maximum Gasteiger partial charge on any atom is 0.0372 e. The number of nitrogens with one attached hydrogen (secondary N) is 1. The number of hydrogen-bond donors (Lipinski definition) is 1. The third kappa shape index (κ3) is 3.71. The number of likely N-dealkylation sites (tertiary alicyclic amines) is 1. The molecule has 2 nitrogen and oxygen atoms in total. The number of halogens is 1. The lowest BCUT2D eigenvalue weighted by Gasteiger charge is -2.19. The summed E-state index contributed by atoms with van der Waals surface area (Å²) < 4.78 is 1.15. The molecule has 94 valence electrons. The topological polar surface area (TPSA) is 15.3 Å². The van der Waals surface area contributed by atoms with Crippen LogP contribution in [0.4, 0.5) is 5.69 Å². The number of anilines is 1. The maximum absolute atomic E-state index is 3.69. The van der Waals surface area contributed by atoms with Gasteiger partial charge in [0.05, 0.1) is 0 Å². The maximum atomic E-state index is 3.69. The first-order valence-electron chi connectivity index (χ1n) is 6.36. The Labute approximate surface area is 113 Å². The summed E-state index contributed by atoms with van der Waals surface area (Å²) in [6, 6.07) is 7.08. The first-order chi connectivity index (χ1) is 8.15. The van der Waals surface area contributed by atoms with E-state index in [9.17, 15) is 0 Å². The van der Waals surface area contributed by atoms with E-state index in [4.69, 9.17) is 0 Å². The molecule has 0 amide bonds. The molecule has 1 aliphatic heterocycles. The van der Waals surface area contributed by atoms with Crippen LogP contribution in [0.1, 0.15) is 24.8 Å². The summed E-state index contributed by atoms with van der Waals surface area (Å²) in [4.78, 5) is 2.43. The Balaban J connectivity index is 2.00. The second-order valence-electron chi connectivity index (χ2n) is 5.03. The molecular formula is C14H21BrN2. The molecule has 1 unspecified atom stereocenters. The molecule has 1 aliphatic rings. The molecule has 17 heavy (non-hydrogen) atoms. The lowest BCUT2D eigenvalue weighted by atomic mass is 10.1. The van der Waals surface area contributed by atoms with E-state index in [0.29, 0.717) is 6.04 Å². The van der Waals surface area contributed by atoms with E-state index in [1.165, 1.54) is 43.6 Å². The predicted molar refractivity (Wildman–Crippen MR) is 77.6 cm³/mol. The fraction of sp³-hybridized carbons (Fsp3) is 0.571. The van der Waals surface area contributed by atoms with Gasteiger partial charge in [0.2, 0.25) is 0 Å². The van der Waals surface area contributed by atoms with Crippen LogP contribution in [0.3, 0.4) is 0 Å². The Morgan fingerprint density at radius 3 is 2.88 bits per heavy atom. The lowest BCUT2D eigenvalue weighted by Crippen LogP contribution is -2.23. The van der Waals surface area contributed by atoms with E-state index >= 15 is 0 Å². The van der Waals surface area contributed by atoms with E-state index in [0.717, 1.165) is 4.47 Å². The molecule has 2 rings (SSSR count). The molecule has 0 saturated carbocycles. The summed E-state index contributed by atoms with van der Waals surface area (Å²) in [5.41, 5.74) is 2.60. The van der Waals surface area contributed by atoms with Crippen molar-refractivity contribution in [2.24, 2.45) is 0 Å². The molecule has 1 atom stereocenters. The van der Waals surface area contributed by atoms with Gasteiger partial charge in [-0.05, 0) is 70.1 Å². The lowest BCUT2D eigenvalue weighted by molar-refractivity contribution is 0.348. The molecule has 1 aromatic carbocycles. The minimum absolute atomic E-state index is 0.625. The molecule has 0 radical (unpaired) electrons. The highest BCUT2D eigenvalue weighted by atomic mass is 79.9. The molecule has 0 bridgehead atoms. The van der Waals surface area contributed by atoms with E-state index in [-0.39, 0.29) is 0 Å². The Bertz CT molecular complexity index is 378. The van der Waals surface area contributed by atoms with Crippen molar-refractivity contribution in [3.8, 4) is 0 Å². The van der Waals surface area contributed by atoms with Gasteiger partial charge in [-0.1, -0.05) is 15.9 Å². The second kappa shape index (κ2) is 5.87. The number of benzene rings is 1. The highest BCUT2D eigenvalue weighted by molar-refractivity contribution is 9.10. The van der Waals surface area contributed by atoms with Crippen LogP contribution in [0.5, 0.6) is 0 Å². The van der Waals surface area contributed by atoms with Crippen molar-refractivity contribution in [2.75, 3.05) is 25.5 Å².